The van der Waals surface area contributed by atoms with Crippen LogP contribution in [0.2, 0.25) is 0 Å². The molecule has 1 saturated heterocycles. The van der Waals surface area contributed by atoms with E-state index in [0.717, 1.165) is 30.5 Å². The summed E-state index contributed by atoms with van der Waals surface area (Å²) in [7, 11) is 0. The second kappa shape index (κ2) is 7.25. The Labute approximate surface area is 141 Å². The summed E-state index contributed by atoms with van der Waals surface area (Å²) in [6.07, 6.45) is 5.41. The molecule has 1 aromatic carbocycles. The van der Waals surface area contributed by atoms with Crippen molar-refractivity contribution in [3.05, 3.63) is 65.5 Å². The highest BCUT2D eigenvalue weighted by Crippen LogP contribution is 2.31. The first-order valence-electron chi connectivity index (χ1n) is 8.19. The van der Waals surface area contributed by atoms with Crippen LogP contribution in [0.4, 0.5) is 0 Å². The zero-order valence-electron chi connectivity index (χ0n) is 13.7. The van der Waals surface area contributed by atoms with Crippen LogP contribution in [0.5, 0.6) is 0 Å². The molecule has 1 fully saturated rings. The number of carbonyl (C=O) groups is 2. The standard InChI is InChI=1S/C19H21N3O2/c1-14-4-6-16(7-5-14)19(24)21-13-18(23)22-12-2-3-17(22)15-8-10-20-11-9-15/h4-11,17H,2-3,12-13H2,1H3,(H,21,24). The van der Waals surface area contributed by atoms with Crippen LogP contribution < -0.4 is 5.32 Å². The van der Waals surface area contributed by atoms with Gasteiger partial charge >= 0.3 is 0 Å². The zero-order chi connectivity index (χ0) is 16.9. The molecule has 2 aromatic rings. The Kier molecular flexibility index (Phi) is 4.89. The molecule has 1 atom stereocenters. The molecule has 0 spiro atoms. The van der Waals surface area contributed by atoms with Crippen LogP contribution in [0.15, 0.2) is 48.8 Å². The number of likely N-dealkylation sites (tertiary alicyclic amines) is 1. The molecule has 5 heteroatoms. The number of aromatic nitrogens is 1. The first kappa shape index (κ1) is 16.2. The molecule has 2 amide bonds. The first-order chi connectivity index (χ1) is 11.6. The lowest BCUT2D eigenvalue weighted by atomic mass is 10.1. The fraction of sp³-hybridized carbons (Fsp3) is 0.316. The van der Waals surface area contributed by atoms with E-state index in [2.05, 4.69) is 10.3 Å². The number of rotatable bonds is 4. The Morgan fingerprint density at radius 1 is 1.17 bits per heavy atom. The minimum absolute atomic E-state index is 0.0221. The van der Waals surface area contributed by atoms with Gasteiger partial charge in [-0.3, -0.25) is 14.6 Å². The molecule has 5 nitrogen and oxygen atoms in total. The highest BCUT2D eigenvalue weighted by Gasteiger charge is 2.29. The van der Waals surface area contributed by atoms with Gasteiger partial charge in [0, 0.05) is 24.5 Å². The zero-order valence-corrected chi connectivity index (χ0v) is 13.7. The number of amides is 2. The predicted molar refractivity (Wildman–Crippen MR) is 91.4 cm³/mol. The van der Waals surface area contributed by atoms with Gasteiger partial charge < -0.3 is 10.2 Å². The second-order valence-corrected chi connectivity index (χ2v) is 6.07. The topological polar surface area (TPSA) is 62.3 Å². The van der Waals surface area contributed by atoms with E-state index in [1.165, 1.54) is 0 Å². The van der Waals surface area contributed by atoms with Crippen LogP contribution in [-0.4, -0.2) is 34.8 Å². The van der Waals surface area contributed by atoms with E-state index in [9.17, 15) is 9.59 Å². The lowest BCUT2D eigenvalue weighted by Crippen LogP contribution is -2.39. The summed E-state index contributed by atoms with van der Waals surface area (Å²) in [6.45, 7) is 2.72. The average Bonchev–Trinajstić information content (AvgIpc) is 3.10. The summed E-state index contributed by atoms with van der Waals surface area (Å²) < 4.78 is 0. The fourth-order valence-electron chi connectivity index (χ4n) is 3.06. The molecule has 0 saturated carbocycles. The van der Waals surface area contributed by atoms with E-state index in [-0.39, 0.29) is 24.4 Å². The normalized spacial score (nSPS) is 16.9. The van der Waals surface area contributed by atoms with Gasteiger partial charge in [0.2, 0.25) is 5.91 Å². The van der Waals surface area contributed by atoms with Crippen LogP contribution in [-0.2, 0) is 4.79 Å². The third-order valence-corrected chi connectivity index (χ3v) is 4.38. The van der Waals surface area contributed by atoms with Gasteiger partial charge in [-0.2, -0.15) is 0 Å². The van der Waals surface area contributed by atoms with Crippen LogP contribution in [0.1, 0.15) is 40.4 Å². The molecule has 3 rings (SSSR count). The van der Waals surface area contributed by atoms with Gasteiger partial charge in [-0.05, 0) is 49.6 Å². The number of aryl methyl sites for hydroxylation is 1. The molecule has 0 bridgehead atoms. The monoisotopic (exact) mass is 323 g/mol. The van der Waals surface area contributed by atoms with Gasteiger partial charge in [0.05, 0.1) is 12.6 Å². The Bertz CT molecular complexity index is 713. The van der Waals surface area contributed by atoms with Gasteiger partial charge in [-0.15, -0.1) is 0 Å². The molecule has 0 aliphatic carbocycles. The van der Waals surface area contributed by atoms with Crippen molar-refractivity contribution in [3.8, 4) is 0 Å². The van der Waals surface area contributed by atoms with Crippen molar-refractivity contribution in [1.29, 1.82) is 0 Å². The maximum absolute atomic E-state index is 12.5. The summed E-state index contributed by atoms with van der Waals surface area (Å²) in [5, 5.41) is 2.72. The van der Waals surface area contributed by atoms with Crippen molar-refractivity contribution >= 4 is 11.8 Å². The van der Waals surface area contributed by atoms with E-state index in [0.29, 0.717) is 5.56 Å². The smallest absolute Gasteiger partial charge is 0.251 e. The van der Waals surface area contributed by atoms with Crippen molar-refractivity contribution < 1.29 is 9.59 Å². The van der Waals surface area contributed by atoms with Crippen LogP contribution in [0.25, 0.3) is 0 Å². The molecule has 1 aromatic heterocycles. The molecular formula is C19H21N3O2. The van der Waals surface area contributed by atoms with Crippen molar-refractivity contribution in [2.75, 3.05) is 13.1 Å². The van der Waals surface area contributed by atoms with Crippen LogP contribution in [0, 0.1) is 6.92 Å². The molecule has 1 aliphatic rings. The third-order valence-electron chi connectivity index (χ3n) is 4.38. The Balaban J connectivity index is 1.60. The molecule has 24 heavy (non-hydrogen) atoms. The molecule has 1 N–H and O–H groups in total. The van der Waals surface area contributed by atoms with Gasteiger partial charge in [0.1, 0.15) is 0 Å². The minimum Gasteiger partial charge on any atom is -0.343 e. The summed E-state index contributed by atoms with van der Waals surface area (Å²) >= 11 is 0. The van der Waals surface area contributed by atoms with Crippen LogP contribution >= 0.6 is 0 Å². The highest BCUT2D eigenvalue weighted by molar-refractivity contribution is 5.96. The second-order valence-electron chi connectivity index (χ2n) is 6.07. The number of nitrogens with zero attached hydrogens (tertiary/aromatic N) is 2. The Hall–Kier alpha value is -2.69. The Morgan fingerprint density at radius 3 is 2.58 bits per heavy atom. The number of pyridine rings is 1. The van der Waals surface area contributed by atoms with E-state index in [1.54, 1.807) is 24.5 Å². The lowest BCUT2D eigenvalue weighted by Gasteiger charge is -2.25. The summed E-state index contributed by atoms with van der Waals surface area (Å²) in [5.41, 5.74) is 2.76. The Morgan fingerprint density at radius 2 is 1.88 bits per heavy atom. The molecule has 1 aliphatic heterocycles. The van der Waals surface area contributed by atoms with Gasteiger partial charge in [-0.1, -0.05) is 17.7 Å². The minimum atomic E-state index is -0.219. The highest BCUT2D eigenvalue weighted by atomic mass is 16.2. The van der Waals surface area contributed by atoms with Crippen molar-refractivity contribution in [2.45, 2.75) is 25.8 Å². The molecule has 0 radical (unpaired) electrons. The van der Waals surface area contributed by atoms with Crippen molar-refractivity contribution in [3.63, 3.8) is 0 Å². The van der Waals surface area contributed by atoms with E-state index in [1.807, 2.05) is 36.1 Å². The summed E-state index contributed by atoms with van der Waals surface area (Å²) in [4.78, 5) is 30.5. The lowest BCUT2D eigenvalue weighted by molar-refractivity contribution is -0.131. The maximum atomic E-state index is 12.5. The van der Waals surface area contributed by atoms with Gasteiger partial charge in [0.15, 0.2) is 0 Å². The molecule has 2 heterocycles. The quantitative estimate of drug-likeness (QED) is 0.940. The van der Waals surface area contributed by atoms with E-state index < -0.39 is 0 Å². The van der Waals surface area contributed by atoms with Crippen molar-refractivity contribution in [2.24, 2.45) is 0 Å². The van der Waals surface area contributed by atoms with E-state index in [4.69, 9.17) is 0 Å². The van der Waals surface area contributed by atoms with Gasteiger partial charge in [-0.25, -0.2) is 0 Å². The third kappa shape index (κ3) is 3.62. The predicted octanol–water partition coefficient (Wildman–Crippen LogP) is 2.48. The molecule has 1 unspecified atom stereocenters. The molecular weight excluding hydrogens is 302 g/mol. The number of hydrogen-bond donors (Lipinski definition) is 1. The SMILES string of the molecule is Cc1ccc(C(=O)NCC(=O)N2CCCC2c2ccncc2)cc1. The average molecular weight is 323 g/mol. The number of nitrogens with one attached hydrogen (secondary N) is 1. The number of hydrogen-bond acceptors (Lipinski definition) is 3. The number of benzene rings is 1. The van der Waals surface area contributed by atoms with Crippen molar-refractivity contribution in [1.82, 2.24) is 15.2 Å². The van der Waals surface area contributed by atoms with Gasteiger partial charge in [0.25, 0.3) is 5.91 Å². The van der Waals surface area contributed by atoms with E-state index >= 15 is 0 Å². The summed E-state index contributed by atoms with van der Waals surface area (Å²) in [6, 6.07) is 11.3. The largest absolute Gasteiger partial charge is 0.343 e. The first-order valence-corrected chi connectivity index (χ1v) is 8.19. The number of carbonyl (C=O) groups excluding carboxylic acids is 2. The van der Waals surface area contributed by atoms with Crippen LogP contribution in [0.3, 0.4) is 0 Å². The maximum Gasteiger partial charge on any atom is 0.251 e. The molecule has 124 valence electrons. The summed E-state index contributed by atoms with van der Waals surface area (Å²) in [5.74, 6) is -0.266. The fourth-order valence-corrected chi connectivity index (χ4v) is 3.06.